The van der Waals surface area contributed by atoms with Crippen molar-refractivity contribution in [2.24, 2.45) is 5.73 Å². The van der Waals surface area contributed by atoms with Crippen LogP contribution in [0.3, 0.4) is 0 Å². The van der Waals surface area contributed by atoms with Crippen molar-refractivity contribution in [2.75, 3.05) is 4.72 Å². The molecule has 0 bridgehead atoms. The van der Waals surface area contributed by atoms with Gasteiger partial charge in [-0.3, -0.25) is 19.3 Å². The van der Waals surface area contributed by atoms with Gasteiger partial charge >= 0.3 is 0 Å². The first-order chi connectivity index (χ1) is 17.4. The summed E-state index contributed by atoms with van der Waals surface area (Å²) in [6.45, 7) is 1.88. The number of fused-ring (bicyclic) bond motifs is 1. The molecule has 0 aliphatic rings. The van der Waals surface area contributed by atoms with Crippen LogP contribution in [0.4, 0.5) is 5.69 Å². The lowest BCUT2D eigenvalue weighted by Crippen LogP contribution is -2.26. The molecule has 9 nitrogen and oxygen atoms in total. The van der Waals surface area contributed by atoms with E-state index in [1.165, 1.54) is 0 Å². The van der Waals surface area contributed by atoms with Crippen LogP contribution in [0, 0.1) is 0 Å². The van der Waals surface area contributed by atoms with Crippen LogP contribution in [0.5, 0.6) is 0 Å². The summed E-state index contributed by atoms with van der Waals surface area (Å²) in [6.07, 6.45) is 4.00. The summed E-state index contributed by atoms with van der Waals surface area (Å²) in [5.74, 6) is -0.428. The van der Waals surface area contributed by atoms with E-state index in [4.69, 9.17) is 5.73 Å². The predicted octanol–water partition coefficient (Wildman–Crippen LogP) is 4.33. The average molecular weight is 501 g/mol. The van der Waals surface area contributed by atoms with Gasteiger partial charge in [0.05, 0.1) is 16.6 Å². The summed E-state index contributed by atoms with van der Waals surface area (Å²) in [6, 6.07) is 20.9. The molecule has 182 valence electrons. The van der Waals surface area contributed by atoms with Crippen LogP contribution in [-0.2, 0) is 14.8 Å². The highest BCUT2D eigenvalue weighted by Crippen LogP contribution is 2.31. The van der Waals surface area contributed by atoms with Gasteiger partial charge in [-0.2, -0.15) is 10.2 Å². The Morgan fingerprint density at radius 3 is 2.44 bits per heavy atom. The summed E-state index contributed by atoms with van der Waals surface area (Å²) in [7, 11) is -3.65. The lowest BCUT2D eigenvalue weighted by molar-refractivity contribution is -0.121. The quantitative estimate of drug-likeness (QED) is 0.291. The monoisotopic (exact) mass is 500 g/mol. The Hall–Kier alpha value is -4.44. The second-order valence-electron chi connectivity index (χ2n) is 8.36. The van der Waals surface area contributed by atoms with E-state index in [0.29, 0.717) is 12.1 Å². The van der Waals surface area contributed by atoms with Crippen LogP contribution < -0.4 is 10.5 Å². The van der Waals surface area contributed by atoms with E-state index in [-0.39, 0.29) is 4.90 Å². The van der Waals surface area contributed by atoms with Crippen molar-refractivity contribution >= 4 is 32.5 Å². The van der Waals surface area contributed by atoms with Gasteiger partial charge < -0.3 is 5.73 Å². The van der Waals surface area contributed by atoms with Gasteiger partial charge in [-0.05, 0) is 53.9 Å². The predicted molar refractivity (Wildman–Crippen MR) is 139 cm³/mol. The number of sulfonamides is 1. The second-order valence-corrected chi connectivity index (χ2v) is 10.0. The van der Waals surface area contributed by atoms with Crippen molar-refractivity contribution in [1.29, 1.82) is 0 Å². The summed E-state index contributed by atoms with van der Waals surface area (Å²) in [5.41, 5.74) is 10.2. The number of benzene rings is 3. The van der Waals surface area contributed by atoms with E-state index in [9.17, 15) is 13.2 Å². The fourth-order valence-corrected chi connectivity index (χ4v) is 5.19. The molecule has 2 aromatic heterocycles. The number of aromatic nitrogens is 4. The summed E-state index contributed by atoms with van der Waals surface area (Å²) >= 11 is 0. The van der Waals surface area contributed by atoms with Crippen LogP contribution in [0.25, 0.3) is 33.3 Å². The molecule has 0 radical (unpaired) electrons. The van der Waals surface area contributed by atoms with Crippen LogP contribution >= 0.6 is 0 Å². The SMILES string of the molecule is CCC(C(N)=O)n1cc(-c2n[nH]c3cc(-c4ccc(NS(=O)(=O)c5ccccc5)cc4)ccc23)cn1. The first-order valence-corrected chi connectivity index (χ1v) is 12.8. The van der Waals surface area contributed by atoms with Crippen LogP contribution in [-0.4, -0.2) is 34.3 Å². The minimum Gasteiger partial charge on any atom is -0.368 e. The van der Waals surface area contributed by atoms with E-state index < -0.39 is 22.0 Å². The smallest absolute Gasteiger partial charge is 0.261 e. The molecule has 0 saturated carbocycles. The summed E-state index contributed by atoms with van der Waals surface area (Å²) < 4.78 is 29.3. The number of hydrogen-bond acceptors (Lipinski definition) is 5. The molecule has 0 aliphatic heterocycles. The fraction of sp³-hybridized carbons (Fsp3) is 0.115. The zero-order valence-corrected chi connectivity index (χ0v) is 20.2. The molecule has 4 N–H and O–H groups in total. The standard InChI is InChI=1S/C26H24N6O3S/c1-2-24(26(27)33)32-16-19(15-28-32)25-22-13-10-18(14-23(22)29-30-25)17-8-11-20(12-9-17)31-36(34,35)21-6-4-3-5-7-21/h3-16,24,31H,2H2,1H3,(H2,27,33)(H,29,30). The largest absolute Gasteiger partial charge is 0.368 e. The summed E-state index contributed by atoms with van der Waals surface area (Å²) in [5, 5.41) is 12.7. The van der Waals surface area contributed by atoms with Crippen molar-refractivity contribution in [3.63, 3.8) is 0 Å². The lowest BCUT2D eigenvalue weighted by atomic mass is 10.0. The van der Waals surface area contributed by atoms with E-state index >= 15 is 0 Å². The van der Waals surface area contributed by atoms with Gasteiger partial charge in [-0.1, -0.05) is 43.3 Å². The topological polar surface area (TPSA) is 136 Å². The van der Waals surface area contributed by atoms with E-state index in [2.05, 4.69) is 20.0 Å². The Labute approximate surface area is 208 Å². The molecule has 1 amide bonds. The maximum Gasteiger partial charge on any atom is 0.261 e. The molecule has 1 atom stereocenters. The number of anilines is 1. The van der Waals surface area contributed by atoms with Gasteiger partial charge in [0.25, 0.3) is 10.0 Å². The number of rotatable bonds is 8. The third-order valence-corrected chi connectivity index (χ3v) is 7.39. The Kier molecular flexibility index (Phi) is 6.03. The third kappa shape index (κ3) is 4.46. The highest BCUT2D eigenvalue weighted by Gasteiger charge is 2.18. The fourth-order valence-electron chi connectivity index (χ4n) is 4.11. The van der Waals surface area contributed by atoms with E-state index in [1.807, 2.05) is 37.3 Å². The molecule has 1 unspecified atom stereocenters. The van der Waals surface area contributed by atoms with Crippen molar-refractivity contribution in [1.82, 2.24) is 20.0 Å². The van der Waals surface area contributed by atoms with Gasteiger partial charge in [-0.15, -0.1) is 0 Å². The summed E-state index contributed by atoms with van der Waals surface area (Å²) in [4.78, 5) is 11.9. The highest BCUT2D eigenvalue weighted by atomic mass is 32.2. The Bertz CT molecular complexity index is 1640. The number of carbonyl (C=O) groups excluding carboxylic acids is 1. The average Bonchev–Trinajstić information content (AvgIpc) is 3.52. The first-order valence-electron chi connectivity index (χ1n) is 11.4. The number of carbonyl (C=O) groups is 1. The van der Waals surface area contributed by atoms with Crippen LogP contribution in [0.15, 0.2) is 90.1 Å². The van der Waals surface area contributed by atoms with Crippen molar-refractivity contribution in [3.8, 4) is 22.4 Å². The lowest BCUT2D eigenvalue weighted by Gasteiger charge is -2.10. The van der Waals surface area contributed by atoms with Gasteiger partial charge in [0.15, 0.2) is 0 Å². The van der Waals surface area contributed by atoms with Crippen LogP contribution in [0.2, 0.25) is 0 Å². The van der Waals surface area contributed by atoms with Gasteiger partial charge in [-0.25, -0.2) is 8.42 Å². The zero-order valence-electron chi connectivity index (χ0n) is 19.4. The number of hydrogen-bond donors (Lipinski definition) is 3. The Balaban J connectivity index is 1.38. The number of primary amides is 1. The molecule has 5 rings (SSSR count). The van der Waals surface area contributed by atoms with Gasteiger partial charge in [0.1, 0.15) is 11.7 Å². The number of nitrogens with two attached hydrogens (primary N) is 1. The van der Waals surface area contributed by atoms with Crippen LogP contribution in [0.1, 0.15) is 19.4 Å². The van der Waals surface area contributed by atoms with Gasteiger partial charge in [0.2, 0.25) is 5.91 Å². The zero-order chi connectivity index (χ0) is 25.3. The minimum atomic E-state index is -3.65. The van der Waals surface area contributed by atoms with E-state index in [1.54, 1.807) is 59.5 Å². The molecule has 10 heteroatoms. The van der Waals surface area contributed by atoms with Gasteiger partial charge in [0, 0.05) is 22.8 Å². The third-order valence-electron chi connectivity index (χ3n) is 6.00. The molecule has 5 aromatic rings. The van der Waals surface area contributed by atoms with Crippen molar-refractivity contribution < 1.29 is 13.2 Å². The normalized spacial score (nSPS) is 12.5. The number of amides is 1. The molecule has 3 aromatic carbocycles. The molecule has 0 saturated heterocycles. The number of H-pyrrole nitrogens is 1. The van der Waals surface area contributed by atoms with E-state index in [0.717, 1.165) is 33.3 Å². The first kappa shape index (κ1) is 23.3. The number of nitrogens with one attached hydrogen (secondary N) is 2. The van der Waals surface area contributed by atoms with Crippen molar-refractivity contribution in [3.05, 3.63) is 85.2 Å². The molecule has 0 aliphatic carbocycles. The van der Waals surface area contributed by atoms with Crippen molar-refractivity contribution in [2.45, 2.75) is 24.3 Å². The Morgan fingerprint density at radius 2 is 1.75 bits per heavy atom. The molecular formula is C26H24N6O3S. The second kappa shape index (κ2) is 9.31. The highest BCUT2D eigenvalue weighted by molar-refractivity contribution is 7.92. The molecule has 36 heavy (non-hydrogen) atoms. The maximum absolute atomic E-state index is 12.6. The number of nitrogens with zero attached hydrogens (tertiary/aromatic N) is 3. The molecule has 0 spiro atoms. The Morgan fingerprint density at radius 1 is 1.03 bits per heavy atom. The molecule has 2 heterocycles. The maximum atomic E-state index is 12.6. The molecular weight excluding hydrogens is 476 g/mol. The molecule has 0 fully saturated rings. The number of aromatic amines is 1. The minimum absolute atomic E-state index is 0.208.